The first-order valence-electron chi connectivity index (χ1n) is 6.93. The van der Waals surface area contributed by atoms with Gasteiger partial charge in [0.05, 0.1) is 11.1 Å². The van der Waals surface area contributed by atoms with Gasteiger partial charge in [-0.3, -0.25) is 4.79 Å². The zero-order valence-corrected chi connectivity index (χ0v) is 15.7. The molecule has 8 heteroatoms. The van der Waals surface area contributed by atoms with Crippen LogP contribution in [-0.4, -0.2) is 24.0 Å². The van der Waals surface area contributed by atoms with Crippen molar-refractivity contribution >= 4 is 50.1 Å². The van der Waals surface area contributed by atoms with Crippen molar-refractivity contribution in [2.45, 2.75) is 24.4 Å². The first-order valence-corrected chi connectivity index (χ1v) is 9.51. The summed E-state index contributed by atoms with van der Waals surface area (Å²) in [6.07, 6.45) is 0. The van der Waals surface area contributed by atoms with E-state index in [1.54, 1.807) is 24.3 Å². The van der Waals surface area contributed by atoms with Gasteiger partial charge in [-0.1, -0.05) is 53.5 Å². The average Bonchev–Trinajstić information content (AvgIpc) is 2.54. The molecule has 0 heterocycles. The Morgan fingerprint density at radius 3 is 2.33 bits per heavy atom. The Hall–Kier alpha value is -1.11. The molecule has 0 aliphatic heterocycles. The van der Waals surface area contributed by atoms with Gasteiger partial charge in [-0.15, -0.1) is 0 Å². The van der Waals surface area contributed by atoms with E-state index in [4.69, 9.17) is 34.8 Å². The zero-order valence-electron chi connectivity index (χ0n) is 12.6. The summed E-state index contributed by atoms with van der Waals surface area (Å²) < 4.78 is 27.1. The number of nitrogens with zero attached hydrogens (tertiary/aromatic N) is 1. The molecule has 2 aromatic rings. The van der Waals surface area contributed by atoms with Crippen LogP contribution >= 0.6 is 34.8 Å². The molecule has 1 atom stereocenters. The van der Waals surface area contributed by atoms with Crippen molar-refractivity contribution < 1.29 is 13.2 Å². The molecule has 0 fully saturated rings. The first kappa shape index (κ1) is 19.2. The SMILES string of the molecule is CC(C(=O)Cl)N(Cc1ccccc1)S(=O)(=O)c1cc(Cl)ccc1Cl. The summed E-state index contributed by atoms with van der Waals surface area (Å²) in [5, 5.41) is -0.540. The summed E-state index contributed by atoms with van der Waals surface area (Å²) in [6.45, 7) is 1.40. The first-order chi connectivity index (χ1) is 11.2. The topological polar surface area (TPSA) is 54.5 Å². The lowest BCUT2D eigenvalue weighted by Crippen LogP contribution is -2.41. The molecule has 0 N–H and O–H groups in total. The van der Waals surface area contributed by atoms with Gasteiger partial charge in [-0.25, -0.2) is 8.42 Å². The lowest BCUT2D eigenvalue weighted by Gasteiger charge is -2.26. The number of carbonyl (C=O) groups excluding carboxylic acids is 1. The van der Waals surface area contributed by atoms with Crippen molar-refractivity contribution in [2.24, 2.45) is 0 Å². The molecule has 0 amide bonds. The second-order valence-electron chi connectivity index (χ2n) is 5.09. The second kappa shape index (κ2) is 7.85. The smallest absolute Gasteiger partial charge is 0.245 e. The zero-order chi connectivity index (χ0) is 17.9. The summed E-state index contributed by atoms with van der Waals surface area (Å²) >= 11 is 17.5. The normalized spacial score (nSPS) is 13.0. The summed E-state index contributed by atoms with van der Waals surface area (Å²) in [5.41, 5.74) is 0.712. The third-order valence-corrected chi connectivity index (χ3v) is 6.37. The van der Waals surface area contributed by atoms with E-state index in [9.17, 15) is 13.2 Å². The second-order valence-corrected chi connectivity index (χ2v) is 8.17. The molecule has 0 saturated heterocycles. The van der Waals surface area contributed by atoms with Gasteiger partial charge < -0.3 is 0 Å². The van der Waals surface area contributed by atoms with Crippen LogP contribution in [0.15, 0.2) is 53.4 Å². The maximum absolute atomic E-state index is 13.0. The molecular weight excluding hydrogens is 393 g/mol. The predicted octanol–water partition coefficient (Wildman–Crippen LogP) is 4.34. The highest BCUT2D eigenvalue weighted by Crippen LogP contribution is 2.30. The Balaban J connectivity index is 2.53. The van der Waals surface area contributed by atoms with Crippen molar-refractivity contribution in [2.75, 3.05) is 0 Å². The highest BCUT2D eigenvalue weighted by molar-refractivity contribution is 7.89. The number of halogens is 3. The fourth-order valence-corrected chi connectivity index (χ4v) is 4.60. The van der Waals surface area contributed by atoms with Crippen LogP contribution in [0.25, 0.3) is 0 Å². The predicted molar refractivity (Wildman–Crippen MR) is 96.0 cm³/mol. The maximum atomic E-state index is 13.0. The van der Waals surface area contributed by atoms with Crippen LogP contribution in [-0.2, 0) is 21.4 Å². The fraction of sp³-hybridized carbons (Fsp3) is 0.188. The molecule has 0 aliphatic rings. The van der Waals surface area contributed by atoms with Crippen molar-refractivity contribution in [3.8, 4) is 0 Å². The van der Waals surface area contributed by atoms with Gasteiger partial charge in [-0.2, -0.15) is 4.31 Å². The molecule has 0 spiro atoms. The lowest BCUT2D eigenvalue weighted by atomic mass is 10.2. The number of rotatable bonds is 6. The van der Waals surface area contributed by atoms with Crippen molar-refractivity contribution in [3.63, 3.8) is 0 Å². The summed E-state index contributed by atoms with van der Waals surface area (Å²) in [7, 11) is -4.09. The van der Waals surface area contributed by atoms with Crippen LogP contribution in [0.4, 0.5) is 0 Å². The van der Waals surface area contributed by atoms with Gasteiger partial charge >= 0.3 is 0 Å². The number of carbonyl (C=O) groups is 1. The van der Waals surface area contributed by atoms with E-state index in [0.29, 0.717) is 5.56 Å². The molecule has 4 nitrogen and oxygen atoms in total. The molecule has 24 heavy (non-hydrogen) atoms. The van der Waals surface area contributed by atoms with Crippen LogP contribution in [0, 0.1) is 0 Å². The van der Waals surface area contributed by atoms with Gasteiger partial charge in [0.25, 0.3) is 0 Å². The quantitative estimate of drug-likeness (QED) is 0.671. The third kappa shape index (κ3) is 4.29. The van der Waals surface area contributed by atoms with E-state index in [-0.39, 0.29) is 21.5 Å². The minimum absolute atomic E-state index is 0.0201. The maximum Gasteiger partial charge on any atom is 0.245 e. The standard InChI is InChI=1S/C16H14Cl3NO3S/c1-11(16(19)21)20(10-12-5-3-2-4-6-12)24(22,23)15-9-13(17)7-8-14(15)18/h2-9,11H,10H2,1H3. The van der Waals surface area contributed by atoms with Crippen LogP contribution < -0.4 is 0 Å². The summed E-state index contributed by atoms with van der Waals surface area (Å²) in [5.74, 6) is 0. The minimum Gasteiger partial charge on any atom is -0.279 e. The van der Waals surface area contributed by atoms with E-state index in [0.717, 1.165) is 4.31 Å². The monoisotopic (exact) mass is 405 g/mol. The Morgan fingerprint density at radius 1 is 1.12 bits per heavy atom. The van der Waals surface area contributed by atoms with Gasteiger partial charge in [-0.05, 0) is 42.3 Å². The van der Waals surface area contributed by atoms with Crippen molar-refractivity contribution in [3.05, 3.63) is 64.1 Å². The molecule has 0 aromatic heterocycles. The number of hydrogen-bond donors (Lipinski definition) is 0. The van der Waals surface area contributed by atoms with Crippen LogP contribution in [0.2, 0.25) is 10.0 Å². The van der Waals surface area contributed by atoms with Gasteiger partial charge in [0.2, 0.25) is 15.3 Å². The highest BCUT2D eigenvalue weighted by atomic mass is 35.5. The van der Waals surface area contributed by atoms with E-state index < -0.39 is 21.3 Å². The molecular formula is C16H14Cl3NO3S. The van der Waals surface area contributed by atoms with E-state index in [1.807, 2.05) is 6.07 Å². The molecule has 2 rings (SSSR count). The van der Waals surface area contributed by atoms with E-state index >= 15 is 0 Å². The molecule has 0 bridgehead atoms. The van der Waals surface area contributed by atoms with Gasteiger partial charge in [0.1, 0.15) is 4.90 Å². The lowest BCUT2D eigenvalue weighted by molar-refractivity contribution is -0.114. The minimum atomic E-state index is -4.09. The molecule has 0 aliphatic carbocycles. The fourth-order valence-electron chi connectivity index (χ4n) is 2.11. The Bertz CT molecular complexity index is 841. The third-order valence-electron chi connectivity index (χ3n) is 3.42. The molecule has 0 saturated carbocycles. The summed E-state index contributed by atoms with van der Waals surface area (Å²) in [6, 6.07) is 12.0. The molecule has 0 radical (unpaired) electrons. The van der Waals surface area contributed by atoms with Crippen LogP contribution in [0.5, 0.6) is 0 Å². The largest absolute Gasteiger partial charge is 0.279 e. The highest BCUT2D eigenvalue weighted by Gasteiger charge is 2.34. The molecule has 2 aromatic carbocycles. The Morgan fingerprint density at radius 2 is 1.75 bits per heavy atom. The van der Waals surface area contributed by atoms with Gasteiger partial charge in [0.15, 0.2) is 0 Å². The number of benzene rings is 2. The van der Waals surface area contributed by atoms with Crippen LogP contribution in [0.1, 0.15) is 12.5 Å². The Labute approximate surface area is 156 Å². The average molecular weight is 407 g/mol. The number of sulfonamides is 1. The number of hydrogen-bond acceptors (Lipinski definition) is 3. The van der Waals surface area contributed by atoms with E-state index in [2.05, 4.69) is 0 Å². The van der Waals surface area contributed by atoms with Crippen molar-refractivity contribution in [1.29, 1.82) is 0 Å². The van der Waals surface area contributed by atoms with Crippen LogP contribution in [0.3, 0.4) is 0 Å². The van der Waals surface area contributed by atoms with E-state index in [1.165, 1.54) is 25.1 Å². The Kier molecular flexibility index (Phi) is 6.28. The molecule has 128 valence electrons. The van der Waals surface area contributed by atoms with Crippen molar-refractivity contribution in [1.82, 2.24) is 4.31 Å². The molecule has 1 unspecified atom stereocenters. The summed E-state index contributed by atoms with van der Waals surface area (Å²) in [4.78, 5) is 11.4. The van der Waals surface area contributed by atoms with Gasteiger partial charge in [0, 0.05) is 11.6 Å².